The highest BCUT2D eigenvalue weighted by Crippen LogP contribution is 2.37. The van der Waals surface area contributed by atoms with Crippen LogP contribution in [0.2, 0.25) is 0 Å². The summed E-state index contributed by atoms with van der Waals surface area (Å²) in [6, 6.07) is 12.2. The van der Waals surface area contributed by atoms with E-state index in [1.807, 2.05) is 58.7 Å². The Labute approximate surface area is 271 Å². The number of carbonyl (C=O) groups is 1. The third kappa shape index (κ3) is 7.24. The van der Waals surface area contributed by atoms with Gasteiger partial charge in [0.05, 0.1) is 48.6 Å². The molecule has 1 aliphatic rings. The minimum atomic E-state index is -0.948. The van der Waals surface area contributed by atoms with Crippen molar-refractivity contribution in [3.05, 3.63) is 84.9 Å². The van der Waals surface area contributed by atoms with Gasteiger partial charge in [0.1, 0.15) is 5.82 Å². The number of aryl methyl sites for hydroxylation is 2. The van der Waals surface area contributed by atoms with Gasteiger partial charge in [-0.1, -0.05) is 38.1 Å². The summed E-state index contributed by atoms with van der Waals surface area (Å²) in [5, 5.41) is 9.86. The molecule has 0 radical (unpaired) electrons. The number of ether oxygens (including phenoxy) is 3. The van der Waals surface area contributed by atoms with Crippen molar-refractivity contribution in [2.45, 2.75) is 65.1 Å². The number of esters is 1. The second kappa shape index (κ2) is 14.4. The van der Waals surface area contributed by atoms with Crippen molar-refractivity contribution >= 4 is 17.4 Å². The molecule has 1 unspecified atom stereocenters. The van der Waals surface area contributed by atoms with Gasteiger partial charge in [-0.15, -0.1) is 13.2 Å². The zero-order valence-corrected chi connectivity index (χ0v) is 27.7. The highest BCUT2D eigenvalue weighted by Gasteiger charge is 2.37. The van der Waals surface area contributed by atoms with E-state index in [0.29, 0.717) is 43.2 Å². The van der Waals surface area contributed by atoms with Crippen molar-refractivity contribution < 1.29 is 19.0 Å². The van der Waals surface area contributed by atoms with Crippen LogP contribution in [0.25, 0.3) is 22.6 Å². The molecule has 1 aliphatic heterocycles. The van der Waals surface area contributed by atoms with Gasteiger partial charge in [-0.05, 0) is 63.6 Å². The molecule has 1 atom stereocenters. The van der Waals surface area contributed by atoms with Gasteiger partial charge in [0.25, 0.3) is 0 Å². The average Bonchev–Trinajstić information content (AvgIpc) is 3.71. The molecule has 1 saturated heterocycles. The molecular formula is C36H46N6O4. The van der Waals surface area contributed by atoms with E-state index < -0.39 is 12.1 Å². The Morgan fingerprint density at radius 1 is 1.11 bits per heavy atom. The Kier molecular flexibility index (Phi) is 10.4. The maximum atomic E-state index is 13.3. The monoisotopic (exact) mass is 626 g/mol. The van der Waals surface area contributed by atoms with E-state index in [2.05, 4.69) is 44.9 Å². The summed E-state index contributed by atoms with van der Waals surface area (Å²) in [7, 11) is 1.39. The lowest BCUT2D eigenvalue weighted by atomic mass is 9.92. The Hall–Kier alpha value is -4.28. The predicted octanol–water partition coefficient (Wildman–Crippen LogP) is 6.46. The molecule has 0 N–H and O–H groups in total. The first kappa shape index (κ1) is 33.1. The molecule has 10 heteroatoms. The van der Waals surface area contributed by atoms with E-state index in [4.69, 9.17) is 29.4 Å². The van der Waals surface area contributed by atoms with Gasteiger partial charge in [0, 0.05) is 36.6 Å². The summed E-state index contributed by atoms with van der Waals surface area (Å²) in [6.45, 7) is 18.1. The highest BCUT2D eigenvalue weighted by molar-refractivity contribution is 5.80. The van der Waals surface area contributed by atoms with Crippen LogP contribution in [0, 0.1) is 12.8 Å². The largest absolute Gasteiger partial charge is 0.467 e. The molecule has 1 aromatic carbocycles. The summed E-state index contributed by atoms with van der Waals surface area (Å²) in [6.07, 6.45) is 8.05. The predicted molar refractivity (Wildman–Crippen MR) is 180 cm³/mol. The van der Waals surface area contributed by atoms with Crippen molar-refractivity contribution in [2.24, 2.45) is 5.92 Å². The Morgan fingerprint density at radius 2 is 1.89 bits per heavy atom. The molecule has 5 rings (SSSR count). The summed E-state index contributed by atoms with van der Waals surface area (Å²) in [5.41, 5.74) is 5.43. The maximum absolute atomic E-state index is 13.3. The second-order valence-corrected chi connectivity index (χ2v) is 12.5. The van der Waals surface area contributed by atoms with Crippen LogP contribution in [0.5, 0.6) is 0 Å². The summed E-state index contributed by atoms with van der Waals surface area (Å²) in [5.74, 6) is 0.546. The number of rotatable bonds is 14. The molecule has 0 saturated carbocycles. The molecule has 10 nitrogen and oxygen atoms in total. The fraction of sp³-hybridized carbons (Fsp3) is 0.444. The van der Waals surface area contributed by atoms with Crippen molar-refractivity contribution in [3.63, 3.8) is 0 Å². The molecule has 0 bridgehead atoms. The van der Waals surface area contributed by atoms with Crippen LogP contribution in [0.3, 0.4) is 0 Å². The van der Waals surface area contributed by atoms with E-state index in [1.54, 1.807) is 6.08 Å². The van der Waals surface area contributed by atoms with Gasteiger partial charge in [0.2, 0.25) is 0 Å². The first-order valence-corrected chi connectivity index (χ1v) is 16.0. The third-order valence-corrected chi connectivity index (χ3v) is 8.40. The van der Waals surface area contributed by atoms with Crippen molar-refractivity contribution in [3.8, 4) is 16.9 Å². The minimum absolute atomic E-state index is 0.224. The van der Waals surface area contributed by atoms with Crippen molar-refractivity contribution in [1.29, 1.82) is 0 Å². The zero-order valence-electron chi connectivity index (χ0n) is 27.7. The molecule has 46 heavy (non-hydrogen) atoms. The van der Waals surface area contributed by atoms with Crippen LogP contribution in [0.4, 0.5) is 5.82 Å². The van der Waals surface area contributed by atoms with Crippen LogP contribution in [-0.2, 0) is 25.4 Å². The van der Waals surface area contributed by atoms with Gasteiger partial charge in [-0.25, -0.2) is 14.5 Å². The van der Waals surface area contributed by atoms with Gasteiger partial charge >= 0.3 is 5.97 Å². The summed E-state index contributed by atoms with van der Waals surface area (Å²) in [4.78, 5) is 20.5. The molecule has 0 aliphatic carbocycles. The third-order valence-electron chi connectivity index (χ3n) is 8.40. The Morgan fingerprint density at radius 3 is 2.59 bits per heavy atom. The summed E-state index contributed by atoms with van der Waals surface area (Å²) < 4.78 is 21.4. The number of benzene rings is 1. The molecule has 4 aromatic rings. The molecule has 0 amide bonds. The van der Waals surface area contributed by atoms with E-state index in [0.717, 1.165) is 54.1 Å². The number of fused-ring (bicyclic) bond motifs is 1. The van der Waals surface area contributed by atoms with Crippen molar-refractivity contribution in [1.82, 2.24) is 24.4 Å². The van der Waals surface area contributed by atoms with Crippen LogP contribution < -0.4 is 4.90 Å². The minimum Gasteiger partial charge on any atom is -0.467 e. The number of piperidine rings is 1. The molecule has 0 spiro atoms. The van der Waals surface area contributed by atoms with Gasteiger partial charge in [-0.2, -0.15) is 14.7 Å². The highest BCUT2D eigenvalue weighted by atomic mass is 16.6. The lowest BCUT2D eigenvalue weighted by molar-refractivity contribution is -0.155. The zero-order chi connectivity index (χ0) is 32.8. The fourth-order valence-corrected chi connectivity index (χ4v) is 5.82. The standard InChI is InChI=1S/C36H46N6O4/c1-8-10-13-28-15-18-41(38-28)29-14-11-12-27(22-29)30-23-31-37-26(5)32(33(35(43)44-7)45-24-25(3)4)34(42(31)39-30)40-19-16-36(6,17-20-40)46-21-9-2/h8-9,11-12,14-15,18,22-23,25,33H,1-2,10,13,16-17,19-21,24H2,3-7H3. The fourth-order valence-electron chi connectivity index (χ4n) is 5.82. The number of aromatic nitrogens is 5. The quantitative estimate of drug-likeness (QED) is 0.116. The van der Waals surface area contributed by atoms with Crippen LogP contribution in [-0.4, -0.2) is 69.4 Å². The van der Waals surface area contributed by atoms with E-state index >= 15 is 0 Å². The van der Waals surface area contributed by atoms with Gasteiger partial charge in [-0.3, -0.25) is 0 Å². The topological polar surface area (TPSA) is 96.0 Å². The number of hydrogen-bond acceptors (Lipinski definition) is 8. The number of allylic oxidation sites excluding steroid dienone is 1. The van der Waals surface area contributed by atoms with E-state index in [9.17, 15) is 4.79 Å². The number of nitrogens with zero attached hydrogens (tertiary/aromatic N) is 6. The number of carbonyl (C=O) groups excluding carboxylic acids is 1. The normalized spacial score (nSPS) is 15.3. The molecule has 244 valence electrons. The first-order chi connectivity index (χ1) is 22.2. The molecule has 1 fully saturated rings. The number of methoxy groups -OCH3 is 1. The van der Waals surface area contributed by atoms with Crippen molar-refractivity contribution in [2.75, 3.05) is 38.3 Å². The Balaban J connectivity index is 1.59. The lowest BCUT2D eigenvalue weighted by Crippen LogP contribution is -2.45. The Bertz CT molecular complexity index is 1680. The second-order valence-electron chi connectivity index (χ2n) is 12.5. The molecular weight excluding hydrogens is 580 g/mol. The van der Waals surface area contributed by atoms with E-state index in [1.165, 1.54) is 7.11 Å². The van der Waals surface area contributed by atoms with Crippen LogP contribution >= 0.6 is 0 Å². The number of hydrogen-bond donors (Lipinski definition) is 0. The SMILES string of the molecule is C=CCCc1ccn(-c2cccc(-c3cc4nc(C)c(C(OCC(C)C)C(=O)OC)c(N5CCC(C)(OCC=C)CC5)n4n3)c2)n1. The lowest BCUT2D eigenvalue weighted by Gasteiger charge is -2.41. The average molecular weight is 627 g/mol. The smallest absolute Gasteiger partial charge is 0.339 e. The van der Waals surface area contributed by atoms with Crippen LogP contribution in [0.15, 0.2) is 67.9 Å². The summed E-state index contributed by atoms with van der Waals surface area (Å²) >= 11 is 0. The van der Waals surface area contributed by atoms with Gasteiger partial charge < -0.3 is 19.1 Å². The van der Waals surface area contributed by atoms with E-state index in [-0.39, 0.29) is 11.5 Å². The first-order valence-electron chi connectivity index (χ1n) is 16.0. The number of anilines is 1. The molecule has 4 heterocycles. The maximum Gasteiger partial charge on any atom is 0.339 e. The van der Waals surface area contributed by atoms with Crippen LogP contribution in [0.1, 0.15) is 63.1 Å². The molecule has 3 aromatic heterocycles. The van der Waals surface area contributed by atoms with Gasteiger partial charge in [0.15, 0.2) is 11.8 Å².